The highest BCUT2D eigenvalue weighted by Gasteiger charge is 2.44. The molecule has 302 valence electrons. The molecule has 0 radical (unpaired) electrons. The topological polar surface area (TPSA) is 149 Å². The van der Waals surface area contributed by atoms with Crippen LogP contribution < -0.4 is 5.32 Å². The van der Waals surface area contributed by atoms with Crippen LogP contribution in [0.3, 0.4) is 0 Å². The predicted octanol–water partition coefficient (Wildman–Crippen LogP) is 8.17. The van der Waals surface area contributed by atoms with Crippen molar-refractivity contribution in [2.75, 3.05) is 13.2 Å². The van der Waals surface area contributed by atoms with E-state index in [1.54, 1.807) is 0 Å². The van der Waals surface area contributed by atoms with Crippen molar-refractivity contribution in [2.24, 2.45) is 0 Å². The maximum atomic E-state index is 12.9. The summed E-state index contributed by atoms with van der Waals surface area (Å²) in [6.45, 7) is 3.81. The minimum Gasteiger partial charge on any atom is -0.394 e. The van der Waals surface area contributed by atoms with Crippen LogP contribution in [0.4, 0.5) is 0 Å². The number of allylic oxidation sites excluding steroid dienone is 2. The standard InChI is InChI=1S/C42H81NO8/c1-3-5-7-9-11-13-15-16-17-18-19-20-22-24-26-28-30-32-38(46)43-35(34-50-42-41(49)40(48)39(47)37(33-44)51-42)36(45)31-29-27-25-23-21-14-12-10-8-6-4-2/h16-17,35-37,39-42,44-45,47-49H,3-15,18-34H2,1-2H3,(H,43,46)/b17-16+/t35-,36+,37-,39-,40?,41?,42-/m0/s1. The molecule has 1 aliphatic rings. The highest BCUT2D eigenvalue weighted by Crippen LogP contribution is 2.23. The number of aliphatic hydroxyl groups excluding tert-OH is 5. The monoisotopic (exact) mass is 728 g/mol. The van der Waals surface area contributed by atoms with E-state index < -0.39 is 49.5 Å². The summed E-state index contributed by atoms with van der Waals surface area (Å²) in [7, 11) is 0. The molecule has 0 aromatic heterocycles. The van der Waals surface area contributed by atoms with E-state index in [1.807, 2.05) is 0 Å². The van der Waals surface area contributed by atoms with Gasteiger partial charge in [0, 0.05) is 6.42 Å². The fourth-order valence-corrected chi connectivity index (χ4v) is 6.86. The Bertz CT molecular complexity index is 812. The molecule has 1 fully saturated rings. The Morgan fingerprint density at radius 2 is 1.10 bits per heavy atom. The molecule has 0 saturated carbocycles. The fourth-order valence-electron chi connectivity index (χ4n) is 6.86. The normalized spacial score (nSPS) is 22.1. The molecule has 1 rings (SSSR count). The van der Waals surface area contributed by atoms with E-state index in [-0.39, 0.29) is 12.5 Å². The van der Waals surface area contributed by atoms with Gasteiger partial charge in [-0.3, -0.25) is 4.79 Å². The van der Waals surface area contributed by atoms with Gasteiger partial charge < -0.3 is 40.3 Å². The molecule has 9 heteroatoms. The third kappa shape index (κ3) is 24.8. The van der Waals surface area contributed by atoms with Crippen molar-refractivity contribution in [3.8, 4) is 0 Å². The Kier molecular flexibility index (Phi) is 31.5. The number of ether oxygens (including phenoxy) is 2. The summed E-state index contributed by atoms with van der Waals surface area (Å²) in [6.07, 6.45) is 29.3. The van der Waals surface area contributed by atoms with E-state index in [0.717, 1.165) is 38.5 Å². The van der Waals surface area contributed by atoms with E-state index >= 15 is 0 Å². The fraction of sp³-hybridized carbons (Fsp3) is 0.929. The van der Waals surface area contributed by atoms with Crippen LogP contribution in [0.25, 0.3) is 0 Å². The van der Waals surface area contributed by atoms with Crippen molar-refractivity contribution in [2.45, 2.75) is 236 Å². The number of hydrogen-bond acceptors (Lipinski definition) is 8. The van der Waals surface area contributed by atoms with Gasteiger partial charge in [-0.2, -0.15) is 0 Å². The molecule has 1 heterocycles. The summed E-state index contributed by atoms with van der Waals surface area (Å²) in [6, 6.07) is -0.715. The summed E-state index contributed by atoms with van der Waals surface area (Å²) in [5.74, 6) is -0.150. The van der Waals surface area contributed by atoms with E-state index in [9.17, 15) is 30.3 Å². The first-order valence-electron chi connectivity index (χ1n) is 21.4. The van der Waals surface area contributed by atoms with Gasteiger partial charge in [0.15, 0.2) is 6.29 Å². The molecule has 9 nitrogen and oxygen atoms in total. The van der Waals surface area contributed by atoms with E-state index in [4.69, 9.17) is 9.47 Å². The van der Waals surface area contributed by atoms with Crippen molar-refractivity contribution in [1.29, 1.82) is 0 Å². The van der Waals surface area contributed by atoms with Crippen molar-refractivity contribution < 1.29 is 39.8 Å². The molecule has 7 atom stereocenters. The van der Waals surface area contributed by atoms with Crippen LogP contribution >= 0.6 is 0 Å². The SMILES string of the molecule is CCCCCCCC/C=C/CCCCCCCCCC(=O)N[C@@H](CO[C@H]1O[C@@H](CO)[C@H](O)C(O)C1O)[C@H](O)CCCCCCCCCCCCC. The Labute approximate surface area is 312 Å². The average Bonchev–Trinajstić information content (AvgIpc) is 3.13. The van der Waals surface area contributed by atoms with Gasteiger partial charge in [-0.25, -0.2) is 0 Å². The zero-order valence-electron chi connectivity index (χ0n) is 32.9. The molecule has 0 bridgehead atoms. The summed E-state index contributed by atoms with van der Waals surface area (Å²) < 4.78 is 11.2. The Hall–Kier alpha value is -1.07. The number of unbranched alkanes of at least 4 members (excludes halogenated alkanes) is 23. The minimum atomic E-state index is -1.55. The molecule has 6 N–H and O–H groups in total. The lowest BCUT2D eigenvalue weighted by Crippen LogP contribution is -2.60. The van der Waals surface area contributed by atoms with Gasteiger partial charge in [-0.1, -0.05) is 161 Å². The third-order valence-corrected chi connectivity index (χ3v) is 10.4. The molecule has 1 saturated heterocycles. The van der Waals surface area contributed by atoms with Crippen LogP contribution in [-0.4, -0.2) is 87.5 Å². The molecule has 1 aliphatic heterocycles. The quantitative estimate of drug-likeness (QED) is 0.0283. The number of aliphatic hydroxyl groups is 5. The van der Waals surface area contributed by atoms with Gasteiger partial charge in [-0.05, 0) is 38.5 Å². The van der Waals surface area contributed by atoms with Crippen LogP contribution in [-0.2, 0) is 14.3 Å². The second-order valence-corrected chi connectivity index (χ2v) is 15.1. The molecule has 0 spiro atoms. The maximum absolute atomic E-state index is 12.9. The lowest BCUT2D eigenvalue weighted by Gasteiger charge is -2.40. The van der Waals surface area contributed by atoms with E-state index in [0.29, 0.717) is 12.8 Å². The number of carbonyl (C=O) groups excluding carboxylic acids is 1. The van der Waals surface area contributed by atoms with Crippen molar-refractivity contribution in [3.05, 3.63) is 12.2 Å². The van der Waals surface area contributed by atoms with Crippen molar-refractivity contribution in [3.63, 3.8) is 0 Å². The first-order chi connectivity index (χ1) is 24.8. The van der Waals surface area contributed by atoms with Gasteiger partial charge in [0.05, 0.1) is 25.4 Å². The minimum absolute atomic E-state index is 0.137. The zero-order chi connectivity index (χ0) is 37.4. The van der Waals surface area contributed by atoms with Crippen molar-refractivity contribution in [1.82, 2.24) is 5.32 Å². The molecule has 0 aromatic carbocycles. The Morgan fingerprint density at radius 1 is 0.647 bits per heavy atom. The summed E-state index contributed by atoms with van der Waals surface area (Å²) in [5.41, 5.74) is 0. The zero-order valence-corrected chi connectivity index (χ0v) is 32.9. The average molecular weight is 728 g/mol. The highest BCUT2D eigenvalue weighted by atomic mass is 16.7. The predicted molar refractivity (Wildman–Crippen MR) is 207 cm³/mol. The number of hydrogen-bond donors (Lipinski definition) is 6. The summed E-state index contributed by atoms with van der Waals surface area (Å²) >= 11 is 0. The number of rotatable bonds is 35. The molecular formula is C42H81NO8. The first kappa shape index (κ1) is 48.0. The van der Waals surface area contributed by atoms with Gasteiger partial charge in [0.25, 0.3) is 0 Å². The van der Waals surface area contributed by atoms with Crippen LogP contribution in [0.5, 0.6) is 0 Å². The number of carbonyl (C=O) groups is 1. The second-order valence-electron chi connectivity index (χ2n) is 15.1. The largest absolute Gasteiger partial charge is 0.394 e. The summed E-state index contributed by atoms with van der Waals surface area (Å²) in [4.78, 5) is 12.9. The summed E-state index contributed by atoms with van der Waals surface area (Å²) in [5, 5.41) is 54.1. The second kappa shape index (κ2) is 33.5. The molecule has 0 aromatic rings. The van der Waals surface area contributed by atoms with E-state index in [1.165, 1.54) is 128 Å². The molecule has 51 heavy (non-hydrogen) atoms. The molecule has 2 unspecified atom stereocenters. The number of amides is 1. The lowest BCUT2D eigenvalue weighted by molar-refractivity contribution is -0.302. The van der Waals surface area contributed by atoms with Crippen LogP contribution in [0.1, 0.15) is 194 Å². The molecular weight excluding hydrogens is 646 g/mol. The lowest BCUT2D eigenvalue weighted by atomic mass is 9.99. The van der Waals surface area contributed by atoms with Crippen LogP contribution in [0.15, 0.2) is 12.2 Å². The number of nitrogens with one attached hydrogen (secondary N) is 1. The Morgan fingerprint density at radius 3 is 1.59 bits per heavy atom. The smallest absolute Gasteiger partial charge is 0.220 e. The van der Waals surface area contributed by atoms with Gasteiger partial charge in [0.1, 0.15) is 24.4 Å². The Balaban J connectivity index is 2.35. The third-order valence-electron chi connectivity index (χ3n) is 10.4. The van der Waals surface area contributed by atoms with Crippen LogP contribution in [0.2, 0.25) is 0 Å². The highest BCUT2D eigenvalue weighted by molar-refractivity contribution is 5.76. The first-order valence-corrected chi connectivity index (χ1v) is 21.4. The van der Waals surface area contributed by atoms with E-state index in [2.05, 4.69) is 31.3 Å². The van der Waals surface area contributed by atoms with Crippen LogP contribution in [0, 0.1) is 0 Å². The molecule has 0 aliphatic carbocycles. The van der Waals surface area contributed by atoms with Crippen molar-refractivity contribution >= 4 is 5.91 Å². The van der Waals surface area contributed by atoms with Gasteiger partial charge in [-0.15, -0.1) is 0 Å². The van der Waals surface area contributed by atoms with Gasteiger partial charge in [0.2, 0.25) is 5.91 Å². The molecule has 1 amide bonds. The van der Waals surface area contributed by atoms with Gasteiger partial charge >= 0.3 is 0 Å². The maximum Gasteiger partial charge on any atom is 0.220 e.